The van der Waals surface area contributed by atoms with Gasteiger partial charge in [-0.05, 0) is 18.8 Å². The topological polar surface area (TPSA) is 18.5 Å². The van der Waals surface area contributed by atoms with Gasteiger partial charge < -0.3 is 9.47 Å². The maximum atomic E-state index is 5.94. The normalized spacial score (nSPS) is 34.1. The standard InChI is InChI=1S/C12H22O2/c1-2-10-4-3-5-12(6-10)14-9-11-7-13-8-11/h10-12H,2-9H2,1H3. The quantitative estimate of drug-likeness (QED) is 0.691. The summed E-state index contributed by atoms with van der Waals surface area (Å²) in [7, 11) is 0. The van der Waals surface area contributed by atoms with Crippen LogP contribution < -0.4 is 0 Å². The zero-order valence-corrected chi connectivity index (χ0v) is 9.21. The lowest BCUT2D eigenvalue weighted by molar-refractivity contribution is -0.0951. The zero-order valence-electron chi connectivity index (χ0n) is 9.21. The number of hydrogen-bond donors (Lipinski definition) is 0. The molecule has 1 aliphatic carbocycles. The van der Waals surface area contributed by atoms with Crippen molar-refractivity contribution in [3.05, 3.63) is 0 Å². The van der Waals surface area contributed by atoms with Gasteiger partial charge in [0, 0.05) is 5.92 Å². The Bertz CT molecular complexity index is 166. The third kappa shape index (κ3) is 2.71. The summed E-state index contributed by atoms with van der Waals surface area (Å²) in [5.41, 5.74) is 0. The average Bonchev–Trinajstić information content (AvgIpc) is 2.16. The minimum Gasteiger partial charge on any atom is -0.381 e. The second kappa shape index (κ2) is 5.13. The molecule has 2 unspecified atom stereocenters. The molecular formula is C12H22O2. The smallest absolute Gasteiger partial charge is 0.0578 e. The highest BCUT2D eigenvalue weighted by atomic mass is 16.5. The van der Waals surface area contributed by atoms with Gasteiger partial charge in [-0.3, -0.25) is 0 Å². The molecule has 2 atom stereocenters. The SMILES string of the molecule is CCC1CCCC(OCC2COC2)C1. The van der Waals surface area contributed by atoms with Crippen LogP contribution in [-0.4, -0.2) is 25.9 Å². The molecule has 2 fully saturated rings. The summed E-state index contributed by atoms with van der Waals surface area (Å²) in [6.45, 7) is 5.07. The third-order valence-electron chi connectivity index (χ3n) is 3.59. The van der Waals surface area contributed by atoms with Crippen LogP contribution in [0.3, 0.4) is 0 Å². The van der Waals surface area contributed by atoms with Gasteiger partial charge in [0.05, 0.1) is 25.9 Å². The largest absolute Gasteiger partial charge is 0.381 e. The maximum absolute atomic E-state index is 5.94. The highest BCUT2D eigenvalue weighted by molar-refractivity contribution is 4.73. The molecule has 82 valence electrons. The molecule has 2 nitrogen and oxygen atoms in total. The fourth-order valence-corrected chi connectivity index (χ4v) is 2.42. The molecule has 0 bridgehead atoms. The molecule has 0 spiro atoms. The fourth-order valence-electron chi connectivity index (χ4n) is 2.42. The molecule has 14 heavy (non-hydrogen) atoms. The van der Waals surface area contributed by atoms with Gasteiger partial charge in [-0.25, -0.2) is 0 Å². The average molecular weight is 198 g/mol. The maximum Gasteiger partial charge on any atom is 0.0578 e. The molecule has 1 aliphatic heterocycles. The summed E-state index contributed by atoms with van der Waals surface area (Å²) >= 11 is 0. The van der Waals surface area contributed by atoms with E-state index in [0.29, 0.717) is 12.0 Å². The summed E-state index contributed by atoms with van der Waals surface area (Å²) in [5.74, 6) is 1.61. The third-order valence-corrected chi connectivity index (χ3v) is 3.59. The van der Waals surface area contributed by atoms with E-state index < -0.39 is 0 Å². The van der Waals surface area contributed by atoms with Crippen molar-refractivity contribution in [2.45, 2.75) is 45.1 Å². The molecule has 0 aromatic rings. The molecule has 0 aromatic carbocycles. The van der Waals surface area contributed by atoms with Crippen molar-refractivity contribution in [1.29, 1.82) is 0 Å². The molecule has 2 heteroatoms. The number of hydrogen-bond acceptors (Lipinski definition) is 2. The Morgan fingerprint density at radius 2 is 2.07 bits per heavy atom. The molecule has 1 saturated heterocycles. The van der Waals surface area contributed by atoms with Crippen molar-refractivity contribution in [1.82, 2.24) is 0 Å². The minimum atomic E-state index is 0.550. The van der Waals surface area contributed by atoms with Crippen molar-refractivity contribution >= 4 is 0 Å². The minimum absolute atomic E-state index is 0.550. The molecule has 1 heterocycles. The highest BCUT2D eigenvalue weighted by Crippen LogP contribution is 2.28. The first kappa shape index (κ1) is 10.4. The van der Waals surface area contributed by atoms with Crippen molar-refractivity contribution in [3.8, 4) is 0 Å². The molecule has 2 aliphatic rings. The van der Waals surface area contributed by atoms with Crippen LogP contribution in [-0.2, 0) is 9.47 Å². The Morgan fingerprint density at radius 3 is 2.71 bits per heavy atom. The van der Waals surface area contributed by atoms with Crippen molar-refractivity contribution < 1.29 is 9.47 Å². The van der Waals surface area contributed by atoms with Crippen LogP contribution >= 0.6 is 0 Å². The van der Waals surface area contributed by atoms with Crippen LogP contribution in [0.15, 0.2) is 0 Å². The van der Waals surface area contributed by atoms with Crippen molar-refractivity contribution in [2.75, 3.05) is 19.8 Å². The van der Waals surface area contributed by atoms with E-state index in [9.17, 15) is 0 Å². The van der Waals surface area contributed by atoms with Gasteiger partial charge >= 0.3 is 0 Å². The van der Waals surface area contributed by atoms with Gasteiger partial charge in [-0.1, -0.05) is 26.2 Å². The Hall–Kier alpha value is -0.0800. The predicted molar refractivity (Wildman–Crippen MR) is 56.3 cm³/mol. The summed E-state index contributed by atoms with van der Waals surface area (Å²) < 4.78 is 11.1. The summed E-state index contributed by atoms with van der Waals surface area (Å²) in [6, 6.07) is 0. The zero-order chi connectivity index (χ0) is 9.80. The van der Waals surface area contributed by atoms with E-state index in [0.717, 1.165) is 25.7 Å². The monoisotopic (exact) mass is 198 g/mol. The van der Waals surface area contributed by atoms with E-state index >= 15 is 0 Å². The van der Waals surface area contributed by atoms with E-state index in [1.165, 1.54) is 32.1 Å². The molecule has 0 aromatic heterocycles. The Morgan fingerprint density at radius 1 is 1.21 bits per heavy atom. The number of ether oxygens (including phenoxy) is 2. The van der Waals surface area contributed by atoms with Crippen LogP contribution in [0.2, 0.25) is 0 Å². The first-order valence-corrected chi connectivity index (χ1v) is 6.07. The molecular weight excluding hydrogens is 176 g/mol. The van der Waals surface area contributed by atoms with Crippen molar-refractivity contribution in [2.24, 2.45) is 11.8 Å². The van der Waals surface area contributed by atoms with Gasteiger partial charge in [0.25, 0.3) is 0 Å². The molecule has 1 saturated carbocycles. The Labute approximate surface area is 87.0 Å². The van der Waals surface area contributed by atoms with Gasteiger partial charge in [0.1, 0.15) is 0 Å². The van der Waals surface area contributed by atoms with Gasteiger partial charge in [-0.2, -0.15) is 0 Å². The lowest BCUT2D eigenvalue weighted by Crippen LogP contribution is -2.34. The van der Waals surface area contributed by atoms with E-state index in [1.54, 1.807) is 0 Å². The Balaban J connectivity index is 1.63. The molecule has 2 rings (SSSR count). The van der Waals surface area contributed by atoms with Crippen LogP contribution in [0.4, 0.5) is 0 Å². The molecule has 0 N–H and O–H groups in total. The summed E-state index contributed by atoms with van der Waals surface area (Å²) in [4.78, 5) is 0. The predicted octanol–water partition coefficient (Wildman–Crippen LogP) is 2.62. The van der Waals surface area contributed by atoms with Gasteiger partial charge in [0.15, 0.2) is 0 Å². The van der Waals surface area contributed by atoms with E-state index in [2.05, 4.69) is 6.92 Å². The molecule has 0 amide bonds. The Kier molecular flexibility index (Phi) is 3.82. The van der Waals surface area contributed by atoms with Gasteiger partial charge in [0.2, 0.25) is 0 Å². The highest BCUT2D eigenvalue weighted by Gasteiger charge is 2.24. The van der Waals surface area contributed by atoms with Crippen molar-refractivity contribution in [3.63, 3.8) is 0 Å². The van der Waals surface area contributed by atoms with Gasteiger partial charge in [-0.15, -0.1) is 0 Å². The van der Waals surface area contributed by atoms with E-state index in [4.69, 9.17) is 9.47 Å². The fraction of sp³-hybridized carbons (Fsp3) is 1.00. The lowest BCUT2D eigenvalue weighted by Gasteiger charge is -2.32. The lowest BCUT2D eigenvalue weighted by atomic mass is 9.85. The van der Waals surface area contributed by atoms with E-state index in [1.807, 2.05) is 0 Å². The summed E-state index contributed by atoms with van der Waals surface area (Å²) in [6.07, 6.45) is 7.24. The second-order valence-electron chi connectivity index (χ2n) is 4.80. The van der Waals surface area contributed by atoms with E-state index in [-0.39, 0.29) is 0 Å². The first-order chi connectivity index (χ1) is 6.88. The van der Waals surface area contributed by atoms with Crippen LogP contribution in [0.1, 0.15) is 39.0 Å². The summed E-state index contributed by atoms with van der Waals surface area (Å²) in [5, 5.41) is 0. The van der Waals surface area contributed by atoms with Crippen LogP contribution in [0.25, 0.3) is 0 Å². The van der Waals surface area contributed by atoms with Crippen LogP contribution in [0, 0.1) is 11.8 Å². The molecule has 0 radical (unpaired) electrons. The first-order valence-electron chi connectivity index (χ1n) is 6.07. The second-order valence-corrected chi connectivity index (χ2v) is 4.80. The van der Waals surface area contributed by atoms with Crippen LogP contribution in [0.5, 0.6) is 0 Å². The number of rotatable bonds is 4.